The molecule has 0 heterocycles. The third kappa shape index (κ3) is 9.80. The molecule has 0 spiro atoms. The van der Waals surface area contributed by atoms with E-state index in [1.807, 2.05) is 13.8 Å². The highest BCUT2D eigenvalue weighted by atomic mass is 16.6. The maximum absolute atomic E-state index is 12.8. The Kier molecular flexibility index (Phi) is 12.2. The summed E-state index contributed by atoms with van der Waals surface area (Å²) in [4.78, 5) is 49.6. The van der Waals surface area contributed by atoms with Crippen LogP contribution in [0.4, 0.5) is 0 Å². The van der Waals surface area contributed by atoms with E-state index in [2.05, 4.69) is 5.32 Å². The minimum Gasteiger partial charge on any atom is -0.468 e. The van der Waals surface area contributed by atoms with Gasteiger partial charge in [-0.1, -0.05) is 26.8 Å². The normalized spacial score (nSPS) is 13.3. The standard InChI is InChI=1S/C28H43NO8/c1-10-23(30)35-18(4)17-29-20(24(31)34-9)15-19-13-14-21(36-25(32)27(5,6)11-2)22(16-19)37-26(33)28(7,8)12-3/h13-14,16,18,20,29H,10-12,15,17H2,1-9H3/t18?,20-/m0/s1. The molecule has 0 fully saturated rings. The van der Waals surface area contributed by atoms with Crippen molar-refractivity contribution in [2.75, 3.05) is 13.7 Å². The van der Waals surface area contributed by atoms with Crippen LogP contribution in [0.1, 0.15) is 80.2 Å². The van der Waals surface area contributed by atoms with E-state index in [-0.39, 0.29) is 36.9 Å². The van der Waals surface area contributed by atoms with Gasteiger partial charge < -0.3 is 24.3 Å². The molecule has 0 bridgehead atoms. The van der Waals surface area contributed by atoms with Crippen molar-refractivity contribution in [1.82, 2.24) is 5.32 Å². The van der Waals surface area contributed by atoms with Crippen LogP contribution in [0, 0.1) is 10.8 Å². The molecule has 1 aromatic carbocycles. The van der Waals surface area contributed by atoms with Gasteiger partial charge >= 0.3 is 23.9 Å². The van der Waals surface area contributed by atoms with Crippen LogP contribution in [0.2, 0.25) is 0 Å². The number of rotatable bonds is 14. The highest BCUT2D eigenvalue weighted by molar-refractivity contribution is 5.81. The van der Waals surface area contributed by atoms with Crippen molar-refractivity contribution < 1.29 is 38.1 Å². The van der Waals surface area contributed by atoms with Gasteiger partial charge in [0.1, 0.15) is 12.1 Å². The third-order valence-electron chi connectivity index (χ3n) is 6.48. The summed E-state index contributed by atoms with van der Waals surface area (Å²) in [5.41, 5.74) is -0.824. The maximum Gasteiger partial charge on any atom is 0.323 e. The van der Waals surface area contributed by atoms with Gasteiger partial charge in [0.05, 0.1) is 17.9 Å². The first-order chi connectivity index (χ1) is 17.2. The Morgan fingerprint density at radius 2 is 1.43 bits per heavy atom. The van der Waals surface area contributed by atoms with Crippen LogP contribution in [0.15, 0.2) is 18.2 Å². The zero-order valence-corrected chi connectivity index (χ0v) is 23.7. The Hall–Kier alpha value is -2.94. The minimum atomic E-state index is -0.754. The first-order valence-electron chi connectivity index (χ1n) is 12.8. The SMILES string of the molecule is CCC(=O)OC(C)CN[C@@H](Cc1ccc(OC(=O)C(C)(C)CC)c(OC(=O)C(C)(C)CC)c1)C(=O)OC. The van der Waals surface area contributed by atoms with Gasteiger partial charge in [-0.3, -0.25) is 19.2 Å². The summed E-state index contributed by atoms with van der Waals surface area (Å²) in [6.07, 6.45) is 1.13. The van der Waals surface area contributed by atoms with Gasteiger partial charge in [0.25, 0.3) is 0 Å². The Bertz CT molecular complexity index is 954. The molecular weight excluding hydrogens is 478 g/mol. The van der Waals surface area contributed by atoms with Crippen LogP contribution in [0.3, 0.4) is 0 Å². The van der Waals surface area contributed by atoms with Gasteiger partial charge in [-0.15, -0.1) is 0 Å². The van der Waals surface area contributed by atoms with Gasteiger partial charge in [-0.05, 0) is 71.6 Å². The van der Waals surface area contributed by atoms with Crippen molar-refractivity contribution >= 4 is 23.9 Å². The summed E-state index contributed by atoms with van der Waals surface area (Å²) < 4.78 is 21.5. The number of carbonyl (C=O) groups excluding carboxylic acids is 4. The van der Waals surface area contributed by atoms with Crippen molar-refractivity contribution in [3.63, 3.8) is 0 Å². The minimum absolute atomic E-state index is 0.0955. The summed E-state index contributed by atoms with van der Waals surface area (Å²) in [7, 11) is 1.29. The highest BCUT2D eigenvalue weighted by Gasteiger charge is 2.32. The molecule has 0 amide bonds. The van der Waals surface area contributed by atoms with E-state index < -0.39 is 40.9 Å². The van der Waals surface area contributed by atoms with E-state index in [1.54, 1.807) is 59.7 Å². The fourth-order valence-corrected chi connectivity index (χ4v) is 2.88. The Morgan fingerprint density at radius 1 is 0.892 bits per heavy atom. The largest absolute Gasteiger partial charge is 0.468 e. The Morgan fingerprint density at radius 3 is 1.92 bits per heavy atom. The molecule has 0 aliphatic rings. The topological polar surface area (TPSA) is 117 Å². The first kappa shape index (κ1) is 32.1. The molecule has 37 heavy (non-hydrogen) atoms. The van der Waals surface area contributed by atoms with Crippen LogP contribution in [0.5, 0.6) is 11.5 Å². The Labute approximate surface area is 220 Å². The van der Waals surface area contributed by atoms with Gasteiger partial charge in [-0.2, -0.15) is 0 Å². The van der Waals surface area contributed by atoms with Gasteiger partial charge in [0.2, 0.25) is 0 Å². The molecule has 0 radical (unpaired) electrons. The lowest BCUT2D eigenvalue weighted by molar-refractivity contribution is -0.148. The van der Waals surface area contributed by atoms with E-state index in [1.165, 1.54) is 7.11 Å². The molecule has 1 rings (SSSR count). The van der Waals surface area contributed by atoms with Crippen LogP contribution < -0.4 is 14.8 Å². The fraction of sp³-hybridized carbons (Fsp3) is 0.643. The first-order valence-corrected chi connectivity index (χ1v) is 12.8. The van der Waals surface area contributed by atoms with Crippen molar-refractivity contribution in [1.29, 1.82) is 0 Å². The second kappa shape index (κ2) is 14.1. The molecule has 0 saturated carbocycles. The third-order valence-corrected chi connectivity index (χ3v) is 6.48. The quantitative estimate of drug-likeness (QED) is 0.281. The molecule has 1 aromatic rings. The smallest absolute Gasteiger partial charge is 0.323 e. The fourth-order valence-electron chi connectivity index (χ4n) is 2.88. The van der Waals surface area contributed by atoms with Crippen molar-refractivity contribution in [3.8, 4) is 11.5 Å². The molecule has 0 aliphatic heterocycles. The molecule has 0 aromatic heterocycles. The van der Waals surface area contributed by atoms with E-state index in [0.29, 0.717) is 18.4 Å². The summed E-state index contributed by atoms with van der Waals surface area (Å²) in [5.74, 6) is -1.52. The Balaban J connectivity index is 3.24. The van der Waals surface area contributed by atoms with Crippen LogP contribution in [-0.4, -0.2) is 49.7 Å². The predicted octanol–water partition coefficient (Wildman–Crippen LogP) is 4.39. The number of hydrogen-bond acceptors (Lipinski definition) is 9. The maximum atomic E-state index is 12.8. The molecule has 2 atom stereocenters. The number of hydrogen-bond donors (Lipinski definition) is 1. The average Bonchev–Trinajstić information content (AvgIpc) is 2.86. The highest BCUT2D eigenvalue weighted by Crippen LogP contribution is 2.34. The second-order valence-electron chi connectivity index (χ2n) is 10.4. The second-order valence-corrected chi connectivity index (χ2v) is 10.4. The molecule has 208 valence electrons. The zero-order chi connectivity index (χ0) is 28.4. The summed E-state index contributed by atoms with van der Waals surface area (Å²) >= 11 is 0. The lowest BCUT2D eigenvalue weighted by atomic mass is 9.90. The summed E-state index contributed by atoms with van der Waals surface area (Å²) in [6, 6.07) is 4.09. The van der Waals surface area contributed by atoms with Crippen LogP contribution in [0.25, 0.3) is 0 Å². The molecule has 0 saturated heterocycles. The van der Waals surface area contributed by atoms with Gasteiger partial charge in [0.15, 0.2) is 11.5 Å². The predicted molar refractivity (Wildman–Crippen MR) is 139 cm³/mol. The molecule has 0 aliphatic carbocycles. The number of benzene rings is 1. The van der Waals surface area contributed by atoms with Gasteiger partial charge in [-0.25, -0.2) is 0 Å². The van der Waals surface area contributed by atoms with Crippen LogP contribution >= 0.6 is 0 Å². The molecular formula is C28H43NO8. The monoisotopic (exact) mass is 521 g/mol. The number of methoxy groups -OCH3 is 1. The van der Waals surface area contributed by atoms with Gasteiger partial charge in [0, 0.05) is 13.0 Å². The number of carbonyl (C=O) groups is 4. The molecule has 9 heteroatoms. The molecule has 1 N–H and O–H groups in total. The van der Waals surface area contributed by atoms with Crippen molar-refractivity contribution in [2.45, 2.75) is 93.2 Å². The van der Waals surface area contributed by atoms with E-state index in [0.717, 1.165) is 0 Å². The van der Waals surface area contributed by atoms with Crippen molar-refractivity contribution in [3.05, 3.63) is 23.8 Å². The van der Waals surface area contributed by atoms with Crippen molar-refractivity contribution in [2.24, 2.45) is 10.8 Å². The number of ether oxygens (including phenoxy) is 4. The average molecular weight is 522 g/mol. The molecule has 9 nitrogen and oxygen atoms in total. The summed E-state index contributed by atoms with van der Waals surface area (Å²) in [6.45, 7) is 14.5. The van der Waals surface area contributed by atoms with E-state index >= 15 is 0 Å². The van der Waals surface area contributed by atoms with E-state index in [9.17, 15) is 19.2 Å². The van der Waals surface area contributed by atoms with E-state index in [4.69, 9.17) is 18.9 Å². The summed E-state index contributed by atoms with van der Waals surface area (Å²) in [5, 5.41) is 3.07. The number of esters is 4. The zero-order valence-electron chi connectivity index (χ0n) is 23.7. The molecule has 1 unspecified atom stereocenters. The lowest BCUT2D eigenvalue weighted by Gasteiger charge is -2.24. The lowest BCUT2D eigenvalue weighted by Crippen LogP contribution is -2.43. The van der Waals surface area contributed by atoms with Crippen LogP contribution in [-0.2, 0) is 35.1 Å². The number of nitrogens with one attached hydrogen (secondary N) is 1.